The van der Waals surface area contributed by atoms with Crippen LogP contribution in [0.15, 0.2) is 30.6 Å². The molecule has 0 aliphatic carbocycles. The lowest BCUT2D eigenvalue weighted by Gasteiger charge is -2.14. The highest BCUT2D eigenvalue weighted by atomic mass is 127. The van der Waals surface area contributed by atoms with Crippen molar-refractivity contribution in [3.05, 3.63) is 39.7 Å². The van der Waals surface area contributed by atoms with Crippen LogP contribution in [0.25, 0.3) is 0 Å². The molecule has 0 spiro atoms. The second-order valence-corrected chi connectivity index (χ2v) is 5.55. The average molecular weight is 354 g/mol. The minimum Gasteiger partial charge on any atom is -0.383 e. The molecule has 0 atom stereocenters. The number of nitrogens with zero attached hydrogens (tertiary/aromatic N) is 2. The van der Waals surface area contributed by atoms with E-state index in [2.05, 4.69) is 51.7 Å². The van der Waals surface area contributed by atoms with Gasteiger partial charge in [0.15, 0.2) is 0 Å². The highest BCUT2D eigenvalue weighted by Crippen LogP contribution is 2.28. The zero-order chi connectivity index (χ0) is 13.1. The molecule has 0 radical (unpaired) electrons. The monoisotopic (exact) mass is 354 g/mol. The number of nitrogen functional groups attached to an aromatic ring is 1. The number of rotatable bonds is 3. The van der Waals surface area contributed by atoms with Crippen molar-refractivity contribution in [1.82, 2.24) is 9.97 Å². The Hall–Kier alpha value is -1.37. The predicted octanol–water partition coefficient (Wildman–Crippen LogP) is 3.53. The lowest BCUT2D eigenvalue weighted by molar-refractivity contribution is 0.855. The quantitative estimate of drug-likeness (QED) is 0.828. The maximum atomic E-state index is 5.91. The van der Waals surface area contributed by atoms with Crippen molar-refractivity contribution in [3.8, 4) is 0 Å². The van der Waals surface area contributed by atoms with E-state index in [0.717, 1.165) is 17.1 Å². The molecule has 0 saturated carbocycles. The molecular weight excluding hydrogens is 339 g/mol. The SMILES string of the molecule is CC(C)c1c(N)ncnc1Nc1ccc(I)cc1. The van der Waals surface area contributed by atoms with Crippen LogP contribution in [-0.4, -0.2) is 9.97 Å². The summed E-state index contributed by atoms with van der Waals surface area (Å²) in [7, 11) is 0. The van der Waals surface area contributed by atoms with Crippen LogP contribution in [0.2, 0.25) is 0 Å². The number of nitrogens with two attached hydrogens (primary N) is 1. The lowest BCUT2D eigenvalue weighted by Crippen LogP contribution is -2.06. The van der Waals surface area contributed by atoms with Crippen molar-refractivity contribution in [2.45, 2.75) is 19.8 Å². The summed E-state index contributed by atoms with van der Waals surface area (Å²) in [4.78, 5) is 8.32. The van der Waals surface area contributed by atoms with Crippen molar-refractivity contribution in [2.24, 2.45) is 0 Å². The number of hydrogen-bond acceptors (Lipinski definition) is 4. The van der Waals surface area contributed by atoms with Gasteiger partial charge in [0.05, 0.1) is 0 Å². The molecule has 4 nitrogen and oxygen atoms in total. The van der Waals surface area contributed by atoms with Crippen LogP contribution >= 0.6 is 22.6 Å². The van der Waals surface area contributed by atoms with Crippen molar-refractivity contribution >= 4 is 39.9 Å². The highest BCUT2D eigenvalue weighted by molar-refractivity contribution is 14.1. The van der Waals surface area contributed by atoms with Crippen molar-refractivity contribution in [1.29, 1.82) is 0 Å². The van der Waals surface area contributed by atoms with Crippen LogP contribution in [0.1, 0.15) is 25.3 Å². The summed E-state index contributed by atoms with van der Waals surface area (Å²) in [6.07, 6.45) is 1.48. The summed E-state index contributed by atoms with van der Waals surface area (Å²) < 4.78 is 1.20. The van der Waals surface area contributed by atoms with Crippen molar-refractivity contribution in [3.63, 3.8) is 0 Å². The van der Waals surface area contributed by atoms with E-state index in [1.807, 2.05) is 24.3 Å². The van der Waals surface area contributed by atoms with Crippen LogP contribution in [0.4, 0.5) is 17.3 Å². The average Bonchev–Trinajstić information content (AvgIpc) is 2.32. The molecule has 0 unspecified atom stereocenters. The molecule has 1 heterocycles. The van der Waals surface area contributed by atoms with Gasteiger partial charge in [-0.2, -0.15) is 0 Å². The van der Waals surface area contributed by atoms with Crippen LogP contribution in [0, 0.1) is 3.57 Å². The predicted molar refractivity (Wildman–Crippen MR) is 83.0 cm³/mol. The van der Waals surface area contributed by atoms with E-state index in [4.69, 9.17) is 5.73 Å². The summed E-state index contributed by atoms with van der Waals surface area (Å²) in [5.74, 6) is 1.59. The van der Waals surface area contributed by atoms with Crippen molar-refractivity contribution in [2.75, 3.05) is 11.1 Å². The molecule has 5 heteroatoms. The van der Waals surface area contributed by atoms with E-state index in [1.54, 1.807) is 0 Å². The van der Waals surface area contributed by atoms with Crippen LogP contribution in [-0.2, 0) is 0 Å². The molecule has 1 aromatic heterocycles. The Labute approximate surface area is 120 Å². The van der Waals surface area contributed by atoms with Gasteiger partial charge in [-0.25, -0.2) is 9.97 Å². The molecule has 1 aromatic carbocycles. The van der Waals surface area contributed by atoms with E-state index >= 15 is 0 Å². The third-order valence-electron chi connectivity index (χ3n) is 2.60. The molecule has 2 rings (SSSR count). The van der Waals surface area contributed by atoms with Gasteiger partial charge in [0, 0.05) is 14.8 Å². The van der Waals surface area contributed by atoms with E-state index in [0.29, 0.717) is 5.82 Å². The van der Waals surface area contributed by atoms with Crippen LogP contribution in [0.5, 0.6) is 0 Å². The van der Waals surface area contributed by atoms with Gasteiger partial charge in [-0.3, -0.25) is 0 Å². The van der Waals surface area contributed by atoms with Gasteiger partial charge >= 0.3 is 0 Å². The summed E-state index contributed by atoms with van der Waals surface area (Å²) >= 11 is 2.28. The molecule has 0 fully saturated rings. The first kappa shape index (κ1) is 13.1. The van der Waals surface area contributed by atoms with Gasteiger partial charge in [-0.15, -0.1) is 0 Å². The number of anilines is 3. The molecule has 3 N–H and O–H groups in total. The molecule has 2 aromatic rings. The zero-order valence-corrected chi connectivity index (χ0v) is 12.5. The van der Waals surface area contributed by atoms with Gasteiger partial charge in [-0.05, 0) is 52.8 Å². The molecular formula is C13H15IN4. The summed E-state index contributed by atoms with van der Waals surface area (Å²) in [6, 6.07) is 8.12. The fourth-order valence-corrected chi connectivity index (χ4v) is 2.11. The minimum atomic E-state index is 0.276. The number of benzene rings is 1. The van der Waals surface area contributed by atoms with Crippen LogP contribution in [0.3, 0.4) is 0 Å². The van der Waals surface area contributed by atoms with Gasteiger partial charge in [0.2, 0.25) is 0 Å². The third-order valence-corrected chi connectivity index (χ3v) is 3.32. The second kappa shape index (κ2) is 5.51. The largest absolute Gasteiger partial charge is 0.383 e. The standard InChI is InChI=1S/C13H15IN4/c1-8(2)11-12(15)16-7-17-13(11)18-10-5-3-9(14)4-6-10/h3-8H,1-2H3,(H3,15,16,17,18). The van der Waals surface area contributed by atoms with E-state index in [9.17, 15) is 0 Å². The maximum Gasteiger partial charge on any atom is 0.139 e. The molecule has 0 bridgehead atoms. The lowest BCUT2D eigenvalue weighted by atomic mass is 10.0. The molecule has 0 aliphatic heterocycles. The topological polar surface area (TPSA) is 63.8 Å². The number of halogens is 1. The number of hydrogen-bond donors (Lipinski definition) is 2. The summed E-state index contributed by atoms with van der Waals surface area (Å²) in [6.45, 7) is 4.16. The Morgan fingerprint density at radius 3 is 2.44 bits per heavy atom. The van der Waals surface area contributed by atoms with E-state index in [1.165, 1.54) is 9.90 Å². The highest BCUT2D eigenvalue weighted by Gasteiger charge is 2.12. The number of aromatic nitrogens is 2. The zero-order valence-electron chi connectivity index (χ0n) is 10.3. The molecule has 0 aliphatic rings. The van der Waals surface area contributed by atoms with Gasteiger partial charge in [0.1, 0.15) is 18.0 Å². The molecule has 0 saturated heterocycles. The first-order valence-electron chi connectivity index (χ1n) is 5.71. The summed E-state index contributed by atoms with van der Waals surface area (Å²) in [5, 5.41) is 3.29. The first-order valence-corrected chi connectivity index (χ1v) is 6.78. The Morgan fingerprint density at radius 1 is 1.17 bits per heavy atom. The van der Waals surface area contributed by atoms with Gasteiger partial charge in [0.25, 0.3) is 0 Å². The minimum absolute atomic E-state index is 0.276. The molecule has 94 valence electrons. The van der Waals surface area contributed by atoms with Crippen LogP contribution < -0.4 is 11.1 Å². The Balaban J connectivity index is 2.34. The van der Waals surface area contributed by atoms with E-state index < -0.39 is 0 Å². The smallest absolute Gasteiger partial charge is 0.139 e. The summed E-state index contributed by atoms with van der Waals surface area (Å²) in [5.41, 5.74) is 7.86. The number of nitrogens with one attached hydrogen (secondary N) is 1. The third kappa shape index (κ3) is 2.90. The second-order valence-electron chi connectivity index (χ2n) is 4.31. The van der Waals surface area contributed by atoms with Crippen molar-refractivity contribution < 1.29 is 0 Å². The first-order chi connectivity index (χ1) is 8.58. The Bertz CT molecular complexity index is 537. The van der Waals surface area contributed by atoms with Gasteiger partial charge < -0.3 is 11.1 Å². The molecule has 0 amide bonds. The maximum absolute atomic E-state index is 5.91. The fourth-order valence-electron chi connectivity index (χ4n) is 1.75. The normalized spacial score (nSPS) is 10.7. The fraction of sp³-hybridized carbons (Fsp3) is 0.231. The molecule has 18 heavy (non-hydrogen) atoms. The van der Waals surface area contributed by atoms with Gasteiger partial charge in [-0.1, -0.05) is 13.8 Å². The Kier molecular flexibility index (Phi) is 4.00. The Morgan fingerprint density at radius 2 is 1.83 bits per heavy atom. The van der Waals surface area contributed by atoms with E-state index in [-0.39, 0.29) is 5.92 Å².